The molecule has 4 bridgehead atoms. The van der Waals surface area contributed by atoms with E-state index in [-0.39, 0.29) is 22.9 Å². The van der Waals surface area contributed by atoms with Gasteiger partial charge >= 0.3 is 0 Å². The first-order valence-electron chi connectivity index (χ1n) is 9.84. The average Bonchev–Trinajstić information content (AvgIpc) is 2.95. The molecule has 1 heterocycles. The highest BCUT2D eigenvalue weighted by Crippen LogP contribution is 2.60. The highest BCUT2D eigenvalue weighted by molar-refractivity contribution is 7.94. The molecule has 1 aromatic rings. The van der Waals surface area contributed by atoms with Gasteiger partial charge in [-0.1, -0.05) is 0 Å². The summed E-state index contributed by atoms with van der Waals surface area (Å²) in [5, 5.41) is 1.21. The second kappa shape index (κ2) is 5.90. The Balaban J connectivity index is 1.53. The number of hydrogen-bond donors (Lipinski definition) is 0. The lowest BCUT2D eigenvalue weighted by Crippen LogP contribution is -2.57. The molecule has 1 aromatic carbocycles. The van der Waals surface area contributed by atoms with Gasteiger partial charge in [-0.2, -0.15) is 0 Å². The smallest absolute Gasteiger partial charge is 0.233 e. The minimum Gasteiger partial charge on any atom is -0.304 e. The first-order chi connectivity index (χ1) is 12.8. The third-order valence-electron chi connectivity index (χ3n) is 7.06. The molecule has 4 nitrogen and oxygen atoms in total. The van der Waals surface area contributed by atoms with Gasteiger partial charge in [0.25, 0.3) is 0 Å². The summed E-state index contributed by atoms with van der Waals surface area (Å²) in [5.74, 6) is 1.45. The normalized spacial score (nSPS) is 38.3. The fourth-order valence-corrected chi connectivity index (χ4v) is 7.68. The Kier molecular flexibility index (Phi) is 3.81. The molecule has 0 N–H and O–H groups in total. The van der Waals surface area contributed by atoms with Gasteiger partial charge in [-0.15, -0.1) is 0 Å². The number of amides is 1. The zero-order valence-corrected chi connectivity index (χ0v) is 16.0. The molecule has 5 aliphatic rings. The largest absolute Gasteiger partial charge is 0.304 e. The van der Waals surface area contributed by atoms with Crippen LogP contribution in [-0.2, 0) is 14.6 Å². The van der Waals surface area contributed by atoms with Crippen LogP contribution in [0.3, 0.4) is 0 Å². The standard InChI is InChI=1S/C21H24FNO3S/c22-17-1-3-18(4-2-17)23(19-5-6-27(25,26)13-19)20(24)21-10-14-7-15(11-21)9-16(8-14)12-21/h1-6,14-16,19H,7-13H2/t14?,15?,16?,19-,21?/m1/s1. The summed E-state index contributed by atoms with van der Waals surface area (Å²) in [6.07, 6.45) is 8.07. The molecule has 4 saturated carbocycles. The van der Waals surface area contributed by atoms with E-state index in [4.69, 9.17) is 0 Å². The van der Waals surface area contributed by atoms with Crippen molar-refractivity contribution in [2.24, 2.45) is 23.2 Å². The van der Waals surface area contributed by atoms with Crippen molar-refractivity contribution in [3.8, 4) is 0 Å². The molecule has 144 valence electrons. The number of anilines is 1. The van der Waals surface area contributed by atoms with E-state index in [0.717, 1.165) is 19.3 Å². The average molecular weight is 389 g/mol. The predicted octanol–water partition coefficient (Wildman–Crippen LogP) is 3.69. The van der Waals surface area contributed by atoms with E-state index in [0.29, 0.717) is 23.4 Å². The lowest BCUT2D eigenvalue weighted by atomic mass is 9.49. The minimum absolute atomic E-state index is 0.0416. The topological polar surface area (TPSA) is 54.5 Å². The molecule has 1 aliphatic heterocycles. The zero-order chi connectivity index (χ0) is 18.8. The molecule has 4 aliphatic carbocycles. The third-order valence-corrected chi connectivity index (χ3v) is 8.44. The number of rotatable bonds is 3. The summed E-state index contributed by atoms with van der Waals surface area (Å²) < 4.78 is 37.5. The molecule has 0 unspecified atom stereocenters. The molecule has 0 spiro atoms. The monoisotopic (exact) mass is 389 g/mol. The molecule has 27 heavy (non-hydrogen) atoms. The van der Waals surface area contributed by atoms with Crippen LogP contribution in [0.1, 0.15) is 38.5 Å². The molecule has 0 aromatic heterocycles. The highest BCUT2D eigenvalue weighted by Gasteiger charge is 2.56. The number of hydrogen-bond acceptors (Lipinski definition) is 3. The Morgan fingerprint density at radius 1 is 1.00 bits per heavy atom. The second-order valence-electron chi connectivity index (χ2n) is 9.07. The molecule has 1 atom stereocenters. The molecular weight excluding hydrogens is 365 g/mol. The molecule has 4 fully saturated rings. The molecule has 1 amide bonds. The van der Waals surface area contributed by atoms with Crippen molar-refractivity contribution in [3.05, 3.63) is 41.6 Å². The van der Waals surface area contributed by atoms with Crippen molar-refractivity contribution >= 4 is 21.4 Å². The first kappa shape index (κ1) is 17.4. The number of halogens is 1. The summed E-state index contributed by atoms with van der Waals surface area (Å²) in [6.45, 7) is 0. The fraction of sp³-hybridized carbons (Fsp3) is 0.571. The lowest BCUT2D eigenvalue weighted by molar-refractivity contribution is -0.143. The summed E-state index contributed by atoms with van der Waals surface area (Å²) in [6, 6.07) is 5.34. The Bertz CT molecular complexity index is 871. The second-order valence-corrected chi connectivity index (χ2v) is 11.0. The van der Waals surface area contributed by atoms with Gasteiger partial charge < -0.3 is 4.90 Å². The summed E-state index contributed by atoms with van der Waals surface area (Å²) in [7, 11) is -3.29. The van der Waals surface area contributed by atoms with Crippen molar-refractivity contribution in [3.63, 3.8) is 0 Å². The Hall–Kier alpha value is -1.69. The van der Waals surface area contributed by atoms with Crippen LogP contribution < -0.4 is 4.90 Å². The van der Waals surface area contributed by atoms with Crippen molar-refractivity contribution in [2.45, 2.75) is 44.6 Å². The van der Waals surface area contributed by atoms with Crippen LogP contribution in [0.5, 0.6) is 0 Å². The highest BCUT2D eigenvalue weighted by atomic mass is 32.2. The van der Waals surface area contributed by atoms with Crippen LogP contribution in [0.25, 0.3) is 0 Å². The molecule has 0 saturated heterocycles. The van der Waals surface area contributed by atoms with Crippen molar-refractivity contribution in [2.75, 3.05) is 10.7 Å². The number of benzene rings is 1. The third kappa shape index (κ3) is 2.93. The van der Waals surface area contributed by atoms with Gasteiger partial charge in [-0.25, -0.2) is 12.8 Å². The Morgan fingerprint density at radius 2 is 1.56 bits per heavy atom. The van der Waals surface area contributed by atoms with E-state index in [1.54, 1.807) is 23.1 Å². The zero-order valence-electron chi connectivity index (χ0n) is 15.2. The summed E-state index contributed by atoms with van der Waals surface area (Å²) >= 11 is 0. The van der Waals surface area contributed by atoms with Crippen molar-refractivity contribution in [1.82, 2.24) is 0 Å². The van der Waals surface area contributed by atoms with Gasteiger partial charge in [-0.05, 0) is 86.6 Å². The van der Waals surface area contributed by atoms with Gasteiger partial charge in [0.1, 0.15) is 5.82 Å². The van der Waals surface area contributed by atoms with E-state index in [1.165, 1.54) is 36.8 Å². The van der Waals surface area contributed by atoms with Crippen LogP contribution >= 0.6 is 0 Å². The molecule has 0 radical (unpaired) electrons. The van der Waals surface area contributed by atoms with E-state index in [9.17, 15) is 17.6 Å². The van der Waals surface area contributed by atoms with Gasteiger partial charge in [0.15, 0.2) is 9.84 Å². The summed E-state index contributed by atoms with van der Waals surface area (Å²) in [5.41, 5.74) is 0.215. The van der Waals surface area contributed by atoms with Crippen LogP contribution in [-0.4, -0.2) is 26.1 Å². The first-order valence-corrected chi connectivity index (χ1v) is 11.6. The van der Waals surface area contributed by atoms with Gasteiger partial charge in [-0.3, -0.25) is 4.79 Å². The van der Waals surface area contributed by atoms with E-state index in [2.05, 4.69) is 0 Å². The molecular formula is C21H24FNO3S. The quantitative estimate of drug-likeness (QED) is 0.792. The molecule has 6 rings (SSSR count). The lowest BCUT2D eigenvalue weighted by Gasteiger charge is -2.57. The number of nitrogens with zero attached hydrogens (tertiary/aromatic N) is 1. The van der Waals surface area contributed by atoms with Crippen LogP contribution in [0, 0.1) is 29.0 Å². The van der Waals surface area contributed by atoms with Crippen molar-refractivity contribution < 1.29 is 17.6 Å². The molecule has 6 heteroatoms. The van der Waals surface area contributed by atoms with Gasteiger partial charge in [0.05, 0.1) is 17.2 Å². The summed E-state index contributed by atoms with van der Waals surface area (Å²) in [4.78, 5) is 15.5. The SMILES string of the molecule is O=C(N(c1ccc(F)cc1)[C@@H]1C=CS(=O)(=O)C1)C12CC3CC(CC(C3)C1)C2. The Morgan fingerprint density at radius 3 is 2.04 bits per heavy atom. The van der Waals surface area contributed by atoms with Crippen molar-refractivity contribution in [1.29, 1.82) is 0 Å². The van der Waals surface area contributed by atoms with Crippen LogP contribution in [0.4, 0.5) is 10.1 Å². The maximum Gasteiger partial charge on any atom is 0.233 e. The Labute approximate surface area is 159 Å². The fourth-order valence-electron chi connectivity index (χ4n) is 6.41. The number of sulfone groups is 1. The number of carbonyl (C=O) groups excluding carboxylic acids is 1. The van der Waals surface area contributed by atoms with E-state index >= 15 is 0 Å². The predicted molar refractivity (Wildman–Crippen MR) is 101 cm³/mol. The van der Waals surface area contributed by atoms with Gasteiger partial charge in [0.2, 0.25) is 5.91 Å². The van der Waals surface area contributed by atoms with E-state index in [1.807, 2.05) is 0 Å². The number of carbonyl (C=O) groups is 1. The maximum atomic E-state index is 13.9. The maximum absolute atomic E-state index is 13.9. The van der Waals surface area contributed by atoms with E-state index < -0.39 is 15.9 Å². The van der Waals surface area contributed by atoms with Crippen LogP contribution in [0.15, 0.2) is 35.7 Å². The van der Waals surface area contributed by atoms with Gasteiger partial charge in [0, 0.05) is 11.1 Å². The van der Waals surface area contributed by atoms with Crippen LogP contribution in [0.2, 0.25) is 0 Å². The minimum atomic E-state index is -3.29.